The van der Waals surface area contributed by atoms with E-state index in [-0.39, 0.29) is 25.0 Å². The lowest BCUT2D eigenvalue weighted by molar-refractivity contribution is -0.162. The van der Waals surface area contributed by atoms with Gasteiger partial charge in [0, 0.05) is 13.1 Å². The maximum atomic E-state index is 14.4. The number of benzene rings is 1. The lowest BCUT2D eigenvalue weighted by Gasteiger charge is -2.39. The molecule has 3 fully saturated rings. The first-order valence-corrected chi connectivity index (χ1v) is 14.1. The van der Waals surface area contributed by atoms with Gasteiger partial charge in [0.2, 0.25) is 11.8 Å². The van der Waals surface area contributed by atoms with Gasteiger partial charge >= 0.3 is 5.97 Å². The zero-order valence-corrected chi connectivity index (χ0v) is 23.2. The van der Waals surface area contributed by atoms with Crippen molar-refractivity contribution in [3.05, 3.63) is 61.2 Å². The third kappa shape index (κ3) is 5.05. The van der Waals surface area contributed by atoms with Gasteiger partial charge in [-0.05, 0) is 44.6 Å². The zero-order chi connectivity index (χ0) is 28.2. The minimum atomic E-state index is -1.18. The third-order valence-electron chi connectivity index (χ3n) is 8.64. The van der Waals surface area contributed by atoms with E-state index in [4.69, 9.17) is 9.47 Å². The molecule has 3 saturated heterocycles. The lowest BCUT2D eigenvalue weighted by Crippen LogP contribution is -2.57. The molecule has 1 aromatic carbocycles. The number of likely N-dealkylation sites (tertiary alicyclic amines) is 1. The van der Waals surface area contributed by atoms with Crippen LogP contribution in [0, 0.1) is 11.8 Å². The van der Waals surface area contributed by atoms with E-state index in [0.29, 0.717) is 38.8 Å². The summed E-state index contributed by atoms with van der Waals surface area (Å²) in [6, 6.07) is 7.48. The number of unbranched alkanes of at least 4 members (excludes halogenated alkanes) is 2. The minimum Gasteiger partial charge on any atom is -0.465 e. The van der Waals surface area contributed by atoms with Gasteiger partial charge in [0.05, 0.1) is 30.8 Å². The van der Waals surface area contributed by atoms with E-state index in [9.17, 15) is 19.5 Å². The second-order valence-corrected chi connectivity index (χ2v) is 11.1. The number of nitrogens with zero attached hydrogens (tertiary/aromatic N) is 2. The molecule has 0 aliphatic carbocycles. The highest BCUT2D eigenvalue weighted by Crippen LogP contribution is 2.64. The molecule has 0 radical (unpaired) electrons. The van der Waals surface area contributed by atoms with E-state index in [1.165, 1.54) is 4.90 Å². The molecule has 3 aliphatic heterocycles. The number of amides is 2. The molecule has 2 amide bonds. The Morgan fingerprint density at radius 2 is 1.97 bits per heavy atom. The fourth-order valence-electron chi connectivity index (χ4n) is 6.83. The van der Waals surface area contributed by atoms with Crippen LogP contribution in [0.5, 0.6) is 0 Å². The Kier molecular flexibility index (Phi) is 8.96. The predicted octanol–water partition coefficient (Wildman–Crippen LogP) is 3.81. The van der Waals surface area contributed by atoms with E-state index in [2.05, 4.69) is 20.1 Å². The summed E-state index contributed by atoms with van der Waals surface area (Å²) in [6.45, 7) is 12.2. The van der Waals surface area contributed by atoms with Crippen molar-refractivity contribution in [2.24, 2.45) is 11.8 Å². The molecule has 8 heteroatoms. The first-order valence-electron chi connectivity index (χ1n) is 14.1. The summed E-state index contributed by atoms with van der Waals surface area (Å²) >= 11 is 0. The molecule has 3 heterocycles. The summed E-state index contributed by atoms with van der Waals surface area (Å²) in [5.74, 6) is -2.75. The molecule has 8 nitrogen and oxygen atoms in total. The number of carbonyl (C=O) groups is 3. The average Bonchev–Trinajstić information content (AvgIpc) is 3.50. The van der Waals surface area contributed by atoms with Gasteiger partial charge in [-0.25, -0.2) is 0 Å². The standard InChI is InChI=1S/C31H42N2O6/c1-5-8-13-20-38-29(37)25-24-27(35)33(23(21-34)22-14-11-10-12-15-22)26(31(24)17-16-30(25,4)39-31)28(36)32(18-7-3)19-9-6-2/h5,7,10-12,14-15,23-26,34H,1,3,6,8-9,13,16-21H2,2,4H3/t23-,24+,25-,26?,30+,31?/m1/s1. The van der Waals surface area contributed by atoms with Crippen LogP contribution >= 0.6 is 0 Å². The molecule has 6 atom stereocenters. The van der Waals surface area contributed by atoms with Crippen LogP contribution < -0.4 is 0 Å². The number of rotatable bonds is 14. The Hall–Kier alpha value is -2.97. The summed E-state index contributed by atoms with van der Waals surface area (Å²) in [6.07, 6.45) is 7.52. The highest BCUT2D eigenvalue weighted by Gasteiger charge is 2.79. The molecule has 4 rings (SSSR count). The lowest BCUT2D eigenvalue weighted by atomic mass is 9.66. The second kappa shape index (κ2) is 12.0. The van der Waals surface area contributed by atoms with Crippen molar-refractivity contribution in [3.8, 4) is 0 Å². The summed E-state index contributed by atoms with van der Waals surface area (Å²) in [5.41, 5.74) is -1.37. The summed E-state index contributed by atoms with van der Waals surface area (Å²) in [7, 11) is 0. The fourth-order valence-corrected chi connectivity index (χ4v) is 6.83. The van der Waals surface area contributed by atoms with Crippen LogP contribution in [0.1, 0.15) is 64.0 Å². The summed E-state index contributed by atoms with van der Waals surface area (Å²) in [4.78, 5) is 45.5. The van der Waals surface area contributed by atoms with E-state index in [1.807, 2.05) is 37.3 Å². The molecular weight excluding hydrogens is 496 g/mol. The SMILES string of the molecule is C=CCCCOC(=O)[C@H]1[C@H]2C(=O)N([C@H](CO)c3ccccc3)C(C(=O)N(CC=C)CCCC)C23CC[C@]1(C)O3. The van der Waals surface area contributed by atoms with Crippen molar-refractivity contribution in [1.82, 2.24) is 9.80 Å². The van der Waals surface area contributed by atoms with Crippen molar-refractivity contribution in [3.63, 3.8) is 0 Å². The molecule has 3 aliphatic rings. The smallest absolute Gasteiger partial charge is 0.312 e. The molecule has 1 aromatic rings. The van der Waals surface area contributed by atoms with Crippen molar-refractivity contribution >= 4 is 17.8 Å². The zero-order valence-electron chi connectivity index (χ0n) is 23.2. The molecule has 1 N–H and O–H groups in total. The number of carbonyl (C=O) groups excluding carboxylic acids is 3. The molecule has 0 aromatic heterocycles. The first-order chi connectivity index (χ1) is 18.8. The van der Waals surface area contributed by atoms with Crippen LogP contribution in [0.3, 0.4) is 0 Å². The van der Waals surface area contributed by atoms with Gasteiger partial charge in [-0.1, -0.05) is 55.8 Å². The Balaban J connectivity index is 1.78. The number of hydrogen-bond donors (Lipinski definition) is 1. The second-order valence-electron chi connectivity index (χ2n) is 11.1. The average molecular weight is 539 g/mol. The third-order valence-corrected chi connectivity index (χ3v) is 8.64. The number of ether oxygens (including phenoxy) is 2. The highest BCUT2D eigenvalue weighted by atomic mass is 16.6. The van der Waals surface area contributed by atoms with Crippen LogP contribution in [-0.2, 0) is 23.9 Å². The van der Waals surface area contributed by atoms with Crippen LogP contribution in [0.25, 0.3) is 0 Å². The Bertz CT molecular complexity index is 1080. The number of aliphatic hydroxyl groups excluding tert-OH is 1. The van der Waals surface area contributed by atoms with Gasteiger partial charge in [0.1, 0.15) is 17.6 Å². The van der Waals surface area contributed by atoms with Crippen LogP contribution in [0.4, 0.5) is 0 Å². The van der Waals surface area contributed by atoms with Crippen molar-refractivity contribution in [1.29, 1.82) is 0 Å². The monoisotopic (exact) mass is 538 g/mol. The summed E-state index contributed by atoms with van der Waals surface area (Å²) < 4.78 is 12.3. The van der Waals surface area contributed by atoms with Crippen molar-refractivity contribution in [2.75, 3.05) is 26.3 Å². The van der Waals surface area contributed by atoms with Gasteiger partial charge in [0.25, 0.3) is 0 Å². The van der Waals surface area contributed by atoms with Gasteiger partial charge in [0.15, 0.2) is 0 Å². The van der Waals surface area contributed by atoms with E-state index in [1.54, 1.807) is 17.1 Å². The van der Waals surface area contributed by atoms with E-state index >= 15 is 0 Å². The fraction of sp³-hybridized carbons (Fsp3) is 0.581. The van der Waals surface area contributed by atoms with Crippen LogP contribution in [0.2, 0.25) is 0 Å². The quantitative estimate of drug-likeness (QED) is 0.220. The number of fused-ring (bicyclic) bond motifs is 1. The normalized spacial score (nSPS) is 29.7. The van der Waals surface area contributed by atoms with Crippen molar-refractivity contribution in [2.45, 2.75) is 75.7 Å². The molecule has 1 spiro atoms. The topological polar surface area (TPSA) is 96.4 Å². The van der Waals surface area contributed by atoms with Crippen molar-refractivity contribution < 1.29 is 29.0 Å². The maximum Gasteiger partial charge on any atom is 0.312 e. The van der Waals surface area contributed by atoms with Gasteiger partial charge in [-0.3, -0.25) is 14.4 Å². The molecule has 39 heavy (non-hydrogen) atoms. The molecule has 212 valence electrons. The predicted molar refractivity (Wildman–Crippen MR) is 147 cm³/mol. The van der Waals surface area contributed by atoms with E-state index < -0.39 is 41.1 Å². The molecule has 0 saturated carbocycles. The maximum absolute atomic E-state index is 14.4. The highest BCUT2D eigenvalue weighted by molar-refractivity contribution is 5.98. The van der Waals surface area contributed by atoms with Crippen LogP contribution in [0.15, 0.2) is 55.6 Å². The number of allylic oxidation sites excluding steroid dienone is 1. The number of hydrogen-bond acceptors (Lipinski definition) is 6. The summed E-state index contributed by atoms with van der Waals surface area (Å²) in [5, 5.41) is 10.6. The van der Waals surface area contributed by atoms with Gasteiger partial charge < -0.3 is 24.4 Å². The Morgan fingerprint density at radius 1 is 1.23 bits per heavy atom. The largest absolute Gasteiger partial charge is 0.465 e. The minimum absolute atomic E-state index is 0.227. The molecule has 2 bridgehead atoms. The molecule has 2 unspecified atom stereocenters. The van der Waals surface area contributed by atoms with Crippen LogP contribution in [-0.4, -0.2) is 76.2 Å². The Labute approximate surface area is 231 Å². The number of esters is 1. The molecular formula is C31H42N2O6. The Morgan fingerprint density at radius 3 is 2.62 bits per heavy atom. The van der Waals surface area contributed by atoms with E-state index in [0.717, 1.165) is 18.4 Å². The first kappa shape index (κ1) is 29.0. The van der Waals surface area contributed by atoms with Gasteiger partial charge in [-0.15, -0.1) is 13.2 Å². The van der Waals surface area contributed by atoms with Gasteiger partial charge in [-0.2, -0.15) is 0 Å². The number of aliphatic hydroxyl groups is 1.